The smallest absolute Gasteiger partial charge is 0.0375 e. The minimum Gasteiger partial charge on any atom is -0.385 e. The van der Waals surface area contributed by atoms with Gasteiger partial charge < -0.3 is 5.32 Å². The van der Waals surface area contributed by atoms with Gasteiger partial charge in [-0.1, -0.05) is 44.7 Å². The molecule has 1 unspecified atom stereocenters. The van der Waals surface area contributed by atoms with E-state index >= 15 is 0 Å². The van der Waals surface area contributed by atoms with Crippen LogP contribution in [-0.4, -0.2) is 24.5 Å². The molecule has 3 rings (SSSR count). The van der Waals surface area contributed by atoms with Crippen molar-refractivity contribution in [2.75, 3.05) is 25.0 Å². The summed E-state index contributed by atoms with van der Waals surface area (Å²) in [6.07, 6.45) is 9.74. The summed E-state index contributed by atoms with van der Waals surface area (Å²) in [6.45, 7) is 7.19. The van der Waals surface area contributed by atoms with Gasteiger partial charge in [-0.25, -0.2) is 0 Å². The molecule has 0 aliphatic carbocycles. The number of hydrogen-bond acceptors (Lipinski definition) is 2. The summed E-state index contributed by atoms with van der Waals surface area (Å²) in [6, 6.07) is 7.09. The van der Waals surface area contributed by atoms with Crippen LogP contribution in [0.1, 0.15) is 68.9 Å². The van der Waals surface area contributed by atoms with E-state index in [1.807, 2.05) is 0 Å². The van der Waals surface area contributed by atoms with Crippen LogP contribution in [0.15, 0.2) is 18.2 Å². The van der Waals surface area contributed by atoms with Crippen molar-refractivity contribution in [3.63, 3.8) is 0 Å². The van der Waals surface area contributed by atoms with Crippen LogP contribution in [0.4, 0.5) is 5.69 Å². The van der Waals surface area contributed by atoms with Crippen LogP contribution in [-0.2, 0) is 6.54 Å². The van der Waals surface area contributed by atoms with Crippen LogP contribution in [0.2, 0.25) is 0 Å². The molecule has 0 bridgehead atoms. The number of benzene rings is 1. The number of fused-ring (bicyclic) bond motifs is 1. The van der Waals surface area contributed by atoms with Crippen LogP contribution < -0.4 is 5.32 Å². The minimum absolute atomic E-state index is 0.705. The van der Waals surface area contributed by atoms with Gasteiger partial charge >= 0.3 is 0 Å². The third-order valence-electron chi connectivity index (χ3n) is 5.14. The first-order valence-electron chi connectivity index (χ1n) is 8.92. The molecule has 1 N–H and O–H groups in total. The van der Waals surface area contributed by atoms with Crippen molar-refractivity contribution in [3.8, 4) is 0 Å². The van der Waals surface area contributed by atoms with E-state index in [4.69, 9.17) is 0 Å². The lowest BCUT2D eigenvalue weighted by atomic mass is 9.91. The van der Waals surface area contributed by atoms with Crippen molar-refractivity contribution in [2.45, 2.75) is 64.3 Å². The predicted octanol–water partition coefficient (Wildman–Crippen LogP) is 4.76. The molecule has 1 aromatic rings. The van der Waals surface area contributed by atoms with Crippen LogP contribution >= 0.6 is 0 Å². The molecular weight excluding hydrogens is 256 g/mol. The highest BCUT2D eigenvalue weighted by atomic mass is 15.1. The fourth-order valence-corrected chi connectivity index (χ4v) is 3.76. The van der Waals surface area contributed by atoms with E-state index in [0.717, 1.165) is 13.1 Å². The maximum atomic E-state index is 3.54. The first-order valence-corrected chi connectivity index (χ1v) is 8.92. The molecule has 2 aliphatic rings. The average Bonchev–Trinajstić information content (AvgIpc) is 2.62. The van der Waals surface area contributed by atoms with Gasteiger partial charge in [-0.05, 0) is 55.5 Å². The van der Waals surface area contributed by atoms with Gasteiger partial charge in [-0.2, -0.15) is 0 Å². The molecule has 2 aliphatic heterocycles. The van der Waals surface area contributed by atoms with E-state index in [1.54, 1.807) is 0 Å². The molecule has 2 heteroatoms. The Hall–Kier alpha value is -1.02. The Morgan fingerprint density at radius 2 is 1.76 bits per heavy atom. The molecule has 1 saturated heterocycles. The first-order chi connectivity index (χ1) is 10.3. The highest BCUT2D eigenvalue weighted by Crippen LogP contribution is 2.32. The van der Waals surface area contributed by atoms with E-state index in [9.17, 15) is 0 Å². The highest BCUT2D eigenvalue weighted by Gasteiger charge is 2.17. The third kappa shape index (κ3) is 4.00. The zero-order chi connectivity index (χ0) is 14.5. The van der Waals surface area contributed by atoms with Crippen molar-refractivity contribution >= 4 is 5.69 Å². The summed E-state index contributed by atoms with van der Waals surface area (Å²) >= 11 is 0. The number of rotatable bonds is 2. The lowest BCUT2D eigenvalue weighted by Gasteiger charge is -2.26. The second kappa shape index (κ2) is 7.31. The van der Waals surface area contributed by atoms with Gasteiger partial charge in [0, 0.05) is 18.8 Å². The summed E-state index contributed by atoms with van der Waals surface area (Å²) in [5.41, 5.74) is 4.40. The van der Waals surface area contributed by atoms with E-state index < -0.39 is 0 Å². The zero-order valence-corrected chi connectivity index (χ0v) is 13.5. The number of nitrogens with one attached hydrogen (secondary N) is 1. The molecule has 1 fully saturated rings. The topological polar surface area (TPSA) is 15.3 Å². The van der Waals surface area contributed by atoms with Crippen molar-refractivity contribution in [1.82, 2.24) is 4.90 Å². The Balaban J connectivity index is 1.67. The predicted molar refractivity (Wildman–Crippen MR) is 90.9 cm³/mol. The van der Waals surface area contributed by atoms with Crippen LogP contribution in [0.5, 0.6) is 0 Å². The Kier molecular flexibility index (Phi) is 5.18. The Morgan fingerprint density at radius 3 is 2.52 bits per heavy atom. The maximum absolute atomic E-state index is 3.54. The Bertz CT molecular complexity index is 445. The molecule has 0 saturated carbocycles. The fourth-order valence-electron chi connectivity index (χ4n) is 3.76. The van der Waals surface area contributed by atoms with E-state index in [1.165, 1.54) is 74.8 Å². The summed E-state index contributed by atoms with van der Waals surface area (Å²) in [4.78, 5) is 2.67. The SMILES string of the molecule is CC1CCNc2ccc(CN3CCCCCCCC3)cc21. The summed E-state index contributed by atoms with van der Waals surface area (Å²) in [7, 11) is 0. The summed E-state index contributed by atoms with van der Waals surface area (Å²) < 4.78 is 0. The average molecular weight is 286 g/mol. The number of nitrogens with zero attached hydrogens (tertiary/aromatic N) is 1. The largest absolute Gasteiger partial charge is 0.385 e. The van der Waals surface area contributed by atoms with Crippen LogP contribution in [0.25, 0.3) is 0 Å². The lowest BCUT2D eigenvalue weighted by molar-refractivity contribution is 0.260. The molecule has 0 radical (unpaired) electrons. The molecule has 0 spiro atoms. The van der Waals surface area contributed by atoms with Crippen molar-refractivity contribution < 1.29 is 0 Å². The molecule has 1 aromatic carbocycles. The van der Waals surface area contributed by atoms with Crippen molar-refractivity contribution in [2.24, 2.45) is 0 Å². The molecule has 2 heterocycles. The Morgan fingerprint density at radius 1 is 1.05 bits per heavy atom. The number of anilines is 1. The minimum atomic E-state index is 0.705. The zero-order valence-electron chi connectivity index (χ0n) is 13.5. The summed E-state index contributed by atoms with van der Waals surface area (Å²) in [5.74, 6) is 0.705. The molecule has 116 valence electrons. The van der Waals surface area contributed by atoms with Gasteiger partial charge in [0.25, 0.3) is 0 Å². The second-order valence-corrected chi connectivity index (χ2v) is 6.94. The normalized spacial score (nSPS) is 24.3. The lowest BCUT2D eigenvalue weighted by Crippen LogP contribution is -2.25. The van der Waals surface area contributed by atoms with Crippen LogP contribution in [0.3, 0.4) is 0 Å². The van der Waals surface area contributed by atoms with Gasteiger partial charge in [0.2, 0.25) is 0 Å². The highest BCUT2D eigenvalue weighted by molar-refractivity contribution is 5.56. The molecule has 2 nitrogen and oxygen atoms in total. The third-order valence-corrected chi connectivity index (χ3v) is 5.14. The fraction of sp³-hybridized carbons (Fsp3) is 0.684. The van der Waals surface area contributed by atoms with E-state index in [2.05, 4.69) is 35.3 Å². The van der Waals surface area contributed by atoms with Crippen molar-refractivity contribution in [1.29, 1.82) is 0 Å². The van der Waals surface area contributed by atoms with Gasteiger partial charge in [0.15, 0.2) is 0 Å². The molecular formula is C19H30N2. The van der Waals surface area contributed by atoms with Crippen molar-refractivity contribution in [3.05, 3.63) is 29.3 Å². The van der Waals surface area contributed by atoms with E-state index in [-0.39, 0.29) is 0 Å². The van der Waals surface area contributed by atoms with Crippen LogP contribution in [0, 0.1) is 0 Å². The quantitative estimate of drug-likeness (QED) is 0.843. The maximum Gasteiger partial charge on any atom is 0.0375 e. The van der Waals surface area contributed by atoms with Gasteiger partial charge in [-0.15, -0.1) is 0 Å². The first kappa shape index (κ1) is 14.9. The standard InChI is InChI=1S/C19H30N2/c1-16-10-11-20-19-9-8-17(14-18(16)19)15-21-12-6-4-2-3-5-7-13-21/h8-9,14,16,20H,2-7,10-13,15H2,1H3. The monoisotopic (exact) mass is 286 g/mol. The molecule has 0 amide bonds. The van der Waals surface area contributed by atoms with Gasteiger partial charge in [0.1, 0.15) is 0 Å². The molecule has 21 heavy (non-hydrogen) atoms. The van der Waals surface area contributed by atoms with Gasteiger partial charge in [0.05, 0.1) is 0 Å². The summed E-state index contributed by atoms with van der Waals surface area (Å²) in [5, 5.41) is 3.54. The second-order valence-electron chi connectivity index (χ2n) is 6.94. The number of hydrogen-bond donors (Lipinski definition) is 1. The molecule has 1 atom stereocenters. The van der Waals surface area contributed by atoms with Gasteiger partial charge in [-0.3, -0.25) is 4.90 Å². The Labute approximate surface area is 129 Å². The van der Waals surface area contributed by atoms with E-state index in [0.29, 0.717) is 5.92 Å². The molecule has 0 aromatic heterocycles.